The summed E-state index contributed by atoms with van der Waals surface area (Å²) in [6.45, 7) is 2.03. The molecule has 0 N–H and O–H groups in total. The molecule has 134 valence electrons. The van der Waals surface area contributed by atoms with E-state index in [4.69, 9.17) is 11.2 Å². The van der Waals surface area contributed by atoms with Crippen molar-refractivity contribution in [3.8, 4) is 29.2 Å². The lowest BCUT2D eigenvalue weighted by Crippen LogP contribution is -2.11. The van der Waals surface area contributed by atoms with Crippen molar-refractivity contribution in [2.24, 2.45) is 0 Å². The van der Waals surface area contributed by atoms with E-state index < -0.39 is 11.8 Å². The van der Waals surface area contributed by atoms with Crippen molar-refractivity contribution in [2.45, 2.75) is 19.8 Å². The van der Waals surface area contributed by atoms with Crippen LogP contribution in [-0.4, -0.2) is 5.97 Å². The van der Waals surface area contributed by atoms with Gasteiger partial charge in [0.25, 0.3) is 0 Å². The largest absolute Gasteiger partial charge is 0.423 e. The molecule has 0 aliphatic rings. The van der Waals surface area contributed by atoms with Crippen molar-refractivity contribution in [3.63, 3.8) is 0 Å². The molecule has 3 aromatic rings. The zero-order valence-corrected chi connectivity index (χ0v) is 15.0. The molecule has 27 heavy (non-hydrogen) atoms. The second kappa shape index (κ2) is 8.33. The first-order chi connectivity index (χ1) is 13.1. The molecule has 0 saturated heterocycles. The Labute approximate surface area is 158 Å². The predicted molar refractivity (Wildman–Crippen MR) is 105 cm³/mol. The van der Waals surface area contributed by atoms with Crippen LogP contribution in [0.1, 0.15) is 27.9 Å². The lowest BCUT2D eigenvalue weighted by atomic mass is 10.0. The van der Waals surface area contributed by atoms with E-state index in [1.165, 1.54) is 17.7 Å². The van der Waals surface area contributed by atoms with Crippen molar-refractivity contribution >= 4 is 5.97 Å². The van der Waals surface area contributed by atoms with Crippen LogP contribution >= 0.6 is 0 Å². The number of carbonyl (C=O) groups is 1. The molecule has 0 aromatic heterocycles. The van der Waals surface area contributed by atoms with Gasteiger partial charge in [0, 0.05) is 6.42 Å². The Kier molecular flexibility index (Phi) is 5.68. The molecular weight excluding hydrogens is 339 g/mol. The fraction of sp³-hybridized carbons (Fsp3) is 0.125. The number of esters is 1. The zero-order chi connectivity index (χ0) is 19.2. The Bertz CT molecular complexity index is 980. The highest BCUT2D eigenvalue weighted by Gasteiger charge is 2.14. The molecule has 0 aliphatic heterocycles. The van der Waals surface area contributed by atoms with Crippen LogP contribution in [0.5, 0.6) is 5.75 Å². The van der Waals surface area contributed by atoms with Crippen molar-refractivity contribution in [1.29, 1.82) is 0 Å². The second-order valence-electron chi connectivity index (χ2n) is 6.30. The minimum Gasteiger partial charge on any atom is -0.423 e. The Hall–Kier alpha value is -3.38. The van der Waals surface area contributed by atoms with Crippen LogP contribution in [0.2, 0.25) is 0 Å². The summed E-state index contributed by atoms with van der Waals surface area (Å²) in [4.78, 5) is 12.3. The Balaban J connectivity index is 1.71. The maximum Gasteiger partial charge on any atom is 0.346 e. The number of ether oxygens (including phenoxy) is 1. The number of hydrogen-bond acceptors (Lipinski definition) is 2. The summed E-state index contributed by atoms with van der Waals surface area (Å²) in [5.41, 5.74) is 3.94. The van der Waals surface area contributed by atoms with Gasteiger partial charge in [-0.2, -0.15) is 0 Å². The van der Waals surface area contributed by atoms with Crippen molar-refractivity contribution in [1.82, 2.24) is 0 Å². The third-order valence-corrected chi connectivity index (χ3v) is 4.26. The minimum atomic E-state index is -0.723. The third kappa shape index (κ3) is 4.62. The standard InChI is InChI=1S/C24H19FO2/c1-3-4-5-18-8-15-22(23(25)16-18)24(26)27-21-13-11-20(12-14-21)19-9-6-17(2)7-10-19/h1,6-16H,4-5H2,2H3. The summed E-state index contributed by atoms with van der Waals surface area (Å²) in [6, 6.07) is 19.7. The molecule has 0 fully saturated rings. The molecule has 3 heteroatoms. The van der Waals surface area contributed by atoms with Crippen LogP contribution in [-0.2, 0) is 6.42 Å². The van der Waals surface area contributed by atoms with Crippen LogP contribution < -0.4 is 4.74 Å². The minimum absolute atomic E-state index is 0.0953. The number of halogens is 1. The molecule has 0 radical (unpaired) electrons. The van der Waals surface area contributed by atoms with Gasteiger partial charge < -0.3 is 4.74 Å². The lowest BCUT2D eigenvalue weighted by molar-refractivity contribution is 0.0730. The summed E-state index contributed by atoms with van der Waals surface area (Å²) in [5, 5.41) is 0. The average molecular weight is 358 g/mol. The van der Waals surface area contributed by atoms with Crippen LogP contribution in [0.3, 0.4) is 0 Å². The molecule has 0 heterocycles. The maximum absolute atomic E-state index is 14.2. The summed E-state index contributed by atoms with van der Waals surface area (Å²) in [7, 11) is 0. The van der Waals surface area contributed by atoms with Gasteiger partial charge in [0.15, 0.2) is 0 Å². The van der Waals surface area contributed by atoms with Crippen LogP contribution in [0.15, 0.2) is 66.7 Å². The van der Waals surface area contributed by atoms with E-state index in [1.807, 2.05) is 43.3 Å². The average Bonchev–Trinajstić information content (AvgIpc) is 2.67. The van der Waals surface area contributed by atoms with Crippen LogP contribution in [0.25, 0.3) is 11.1 Å². The van der Waals surface area contributed by atoms with Crippen molar-refractivity contribution < 1.29 is 13.9 Å². The Morgan fingerprint density at radius 1 is 1.00 bits per heavy atom. The second-order valence-corrected chi connectivity index (χ2v) is 6.30. The number of benzene rings is 3. The first-order valence-electron chi connectivity index (χ1n) is 8.68. The van der Waals surface area contributed by atoms with Crippen molar-refractivity contribution in [3.05, 3.63) is 89.2 Å². The van der Waals surface area contributed by atoms with Gasteiger partial charge in [-0.1, -0.05) is 48.0 Å². The van der Waals surface area contributed by atoms with E-state index in [-0.39, 0.29) is 5.56 Å². The fourth-order valence-electron chi connectivity index (χ4n) is 2.72. The number of hydrogen-bond donors (Lipinski definition) is 0. The summed E-state index contributed by atoms with van der Waals surface area (Å²) >= 11 is 0. The van der Waals surface area contributed by atoms with Gasteiger partial charge in [-0.15, -0.1) is 12.3 Å². The molecule has 2 nitrogen and oxygen atoms in total. The highest BCUT2D eigenvalue weighted by molar-refractivity contribution is 5.91. The summed E-state index contributed by atoms with van der Waals surface area (Å²) in [6.07, 6.45) is 6.31. The van der Waals surface area contributed by atoms with Gasteiger partial charge in [-0.05, 0) is 54.3 Å². The Morgan fingerprint density at radius 2 is 1.63 bits per heavy atom. The zero-order valence-electron chi connectivity index (χ0n) is 15.0. The van der Waals surface area contributed by atoms with E-state index in [0.29, 0.717) is 18.6 Å². The van der Waals surface area contributed by atoms with E-state index in [1.54, 1.807) is 18.2 Å². The topological polar surface area (TPSA) is 26.3 Å². The molecule has 3 rings (SSSR count). The number of aryl methyl sites for hydroxylation is 2. The number of rotatable bonds is 5. The van der Waals surface area contributed by atoms with Gasteiger partial charge >= 0.3 is 5.97 Å². The lowest BCUT2D eigenvalue weighted by Gasteiger charge is -2.08. The van der Waals surface area contributed by atoms with E-state index in [0.717, 1.165) is 16.7 Å². The third-order valence-electron chi connectivity index (χ3n) is 4.26. The Morgan fingerprint density at radius 3 is 2.22 bits per heavy atom. The highest BCUT2D eigenvalue weighted by atomic mass is 19.1. The van der Waals surface area contributed by atoms with Gasteiger partial charge in [0.05, 0.1) is 5.56 Å². The molecule has 0 amide bonds. The summed E-state index contributed by atoms with van der Waals surface area (Å²) < 4.78 is 19.5. The van der Waals surface area contributed by atoms with Gasteiger partial charge in [-0.3, -0.25) is 0 Å². The number of terminal acetylenes is 1. The quantitative estimate of drug-likeness (QED) is 0.338. The monoisotopic (exact) mass is 358 g/mol. The maximum atomic E-state index is 14.2. The molecule has 0 unspecified atom stereocenters. The van der Waals surface area contributed by atoms with Crippen LogP contribution in [0, 0.1) is 25.1 Å². The molecule has 0 bridgehead atoms. The molecule has 0 aliphatic carbocycles. The van der Waals surface area contributed by atoms with Crippen LogP contribution in [0.4, 0.5) is 4.39 Å². The van der Waals surface area contributed by atoms with E-state index in [9.17, 15) is 9.18 Å². The summed E-state index contributed by atoms with van der Waals surface area (Å²) in [5.74, 6) is 1.55. The SMILES string of the molecule is C#CCCc1ccc(C(=O)Oc2ccc(-c3ccc(C)cc3)cc2)c(F)c1. The fourth-order valence-corrected chi connectivity index (χ4v) is 2.72. The molecule has 0 spiro atoms. The molecule has 0 saturated carbocycles. The van der Waals surface area contributed by atoms with E-state index >= 15 is 0 Å². The van der Waals surface area contributed by atoms with Gasteiger partial charge in [0.2, 0.25) is 0 Å². The predicted octanol–water partition coefficient (Wildman–Crippen LogP) is 5.59. The van der Waals surface area contributed by atoms with Gasteiger partial charge in [-0.25, -0.2) is 9.18 Å². The first-order valence-corrected chi connectivity index (χ1v) is 8.68. The number of carbonyl (C=O) groups excluding carboxylic acids is 1. The smallest absolute Gasteiger partial charge is 0.346 e. The van der Waals surface area contributed by atoms with Gasteiger partial charge in [0.1, 0.15) is 11.6 Å². The highest BCUT2D eigenvalue weighted by Crippen LogP contribution is 2.23. The van der Waals surface area contributed by atoms with Crippen molar-refractivity contribution in [2.75, 3.05) is 0 Å². The van der Waals surface area contributed by atoms with E-state index in [2.05, 4.69) is 5.92 Å². The molecular formula is C24H19FO2. The molecule has 3 aromatic carbocycles. The normalized spacial score (nSPS) is 10.3. The first kappa shape index (κ1) is 18.4. The molecule has 0 atom stereocenters.